The standard InChI is InChI=1S/C22H38O17/c1-5-9(25)11(27)13(29)21(35-5)38-17-8(24)4-34-20(15(17)31)37-16-6(2)36-22(14(30)12(16)28)39-18-10(26)7(23)3-33-19(18)32/h5-32H,3-4H2,1-2H3/t5-,6-,7+,8+,9-,10-,11+,12-,13+,14+,15+,16-,17-,18+,19?,20-,21-,22-/m0/s1. The molecule has 4 fully saturated rings. The van der Waals surface area contributed by atoms with Crippen molar-refractivity contribution in [2.45, 2.75) is 124 Å². The van der Waals surface area contributed by atoms with Crippen molar-refractivity contribution in [3.63, 3.8) is 0 Å². The fraction of sp³-hybridized carbons (Fsp3) is 1.00. The number of rotatable bonds is 6. The van der Waals surface area contributed by atoms with E-state index in [4.69, 9.17) is 33.2 Å². The molecule has 0 aromatic carbocycles. The Labute approximate surface area is 222 Å². The Morgan fingerprint density at radius 1 is 0.462 bits per heavy atom. The van der Waals surface area contributed by atoms with Gasteiger partial charge < -0.3 is 84.2 Å². The molecule has 0 radical (unpaired) electrons. The van der Waals surface area contributed by atoms with Crippen LogP contribution in [-0.2, 0) is 33.2 Å². The van der Waals surface area contributed by atoms with Crippen LogP contribution in [0.15, 0.2) is 0 Å². The van der Waals surface area contributed by atoms with Gasteiger partial charge in [0.15, 0.2) is 25.2 Å². The summed E-state index contributed by atoms with van der Waals surface area (Å²) in [6.45, 7) is 2.11. The summed E-state index contributed by atoms with van der Waals surface area (Å²) in [7, 11) is 0. The van der Waals surface area contributed by atoms with E-state index < -0.39 is 117 Å². The number of aliphatic hydroxyl groups is 10. The second-order valence-electron chi connectivity index (χ2n) is 10.2. The Bertz CT molecular complexity index is 792. The van der Waals surface area contributed by atoms with Gasteiger partial charge in [0.1, 0.15) is 73.2 Å². The minimum atomic E-state index is -1.79. The molecule has 0 spiro atoms. The third kappa shape index (κ3) is 6.40. The second-order valence-corrected chi connectivity index (χ2v) is 10.2. The van der Waals surface area contributed by atoms with Gasteiger partial charge in [0.05, 0.1) is 25.4 Å². The monoisotopic (exact) mass is 574 g/mol. The van der Waals surface area contributed by atoms with E-state index in [1.165, 1.54) is 13.8 Å². The van der Waals surface area contributed by atoms with Crippen LogP contribution in [0.25, 0.3) is 0 Å². The molecule has 0 bridgehead atoms. The van der Waals surface area contributed by atoms with Crippen LogP contribution in [-0.4, -0.2) is 175 Å². The van der Waals surface area contributed by atoms with Gasteiger partial charge in [0.2, 0.25) is 0 Å². The number of ether oxygens (including phenoxy) is 7. The smallest absolute Gasteiger partial charge is 0.187 e. The SMILES string of the molecule is C[C@@H]1O[C@@H](O[C@@H]2[C@@H](O)[C@H](O[C@@H]3[C@@H](O)[C@@H](O)[C@H](O[C@H]4C(O)OC[C@@H](O)[C@@H]4O)O[C@H]3C)OC[C@H]2O)[C@H](O)[C@H](O)[C@H]1O. The van der Waals surface area contributed by atoms with E-state index in [0.717, 1.165) is 0 Å². The zero-order chi connectivity index (χ0) is 28.8. The third-order valence-corrected chi connectivity index (χ3v) is 7.33. The van der Waals surface area contributed by atoms with Gasteiger partial charge in [-0.1, -0.05) is 0 Å². The van der Waals surface area contributed by atoms with Gasteiger partial charge in [-0.05, 0) is 13.8 Å². The van der Waals surface area contributed by atoms with E-state index in [9.17, 15) is 51.1 Å². The van der Waals surface area contributed by atoms with Crippen molar-refractivity contribution in [2.75, 3.05) is 13.2 Å². The predicted octanol–water partition coefficient (Wildman–Crippen LogP) is -6.42. The van der Waals surface area contributed by atoms with Crippen LogP contribution in [0.2, 0.25) is 0 Å². The van der Waals surface area contributed by atoms with Crippen molar-refractivity contribution in [2.24, 2.45) is 0 Å². The minimum Gasteiger partial charge on any atom is -0.388 e. The Morgan fingerprint density at radius 2 is 1.00 bits per heavy atom. The van der Waals surface area contributed by atoms with Crippen molar-refractivity contribution < 1.29 is 84.2 Å². The molecular formula is C22H38O17. The molecule has 0 aliphatic carbocycles. The molecule has 0 aromatic rings. The van der Waals surface area contributed by atoms with Crippen LogP contribution in [0, 0.1) is 0 Å². The molecule has 4 heterocycles. The molecule has 39 heavy (non-hydrogen) atoms. The highest BCUT2D eigenvalue weighted by Crippen LogP contribution is 2.32. The molecule has 18 atom stereocenters. The second kappa shape index (κ2) is 12.7. The third-order valence-electron chi connectivity index (χ3n) is 7.33. The summed E-state index contributed by atoms with van der Waals surface area (Å²) < 4.78 is 37.8. The maximum absolute atomic E-state index is 10.8. The first kappa shape index (κ1) is 31.3. The van der Waals surface area contributed by atoms with Crippen LogP contribution in [0.1, 0.15) is 13.8 Å². The molecule has 10 N–H and O–H groups in total. The Hall–Kier alpha value is -0.680. The largest absolute Gasteiger partial charge is 0.388 e. The molecular weight excluding hydrogens is 536 g/mol. The summed E-state index contributed by atoms with van der Waals surface area (Å²) in [4.78, 5) is 0. The van der Waals surface area contributed by atoms with E-state index in [0.29, 0.717) is 0 Å². The van der Waals surface area contributed by atoms with Gasteiger partial charge >= 0.3 is 0 Å². The van der Waals surface area contributed by atoms with Gasteiger partial charge in [-0.25, -0.2) is 0 Å². The highest BCUT2D eigenvalue weighted by Gasteiger charge is 2.52. The zero-order valence-corrected chi connectivity index (χ0v) is 21.1. The quantitative estimate of drug-likeness (QED) is 0.141. The maximum atomic E-state index is 10.8. The fourth-order valence-corrected chi connectivity index (χ4v) is 4.88. The van der Waals surface area contributed by atoms with Gasteiger partial charge in [0.25, 0.3) is 0 Å². The van der Waals surface area contributed by atoms with Gasteiger partial charge in [-0.3, -0.25) is 0 Å². The summed E-state index contributed by atoms with van der Waals surface area (Å²) in [6.07, 6.45) is -26.8. The first-order valence-corrected chi connectivity index (χ1v) is 12.6. The van der Waals surface area contributed by atoms with Gasteiger partial charge in [-0.15, -0.1) is 0 Å². The summed E-state index contributed by atoms with van der Waals surface area (Å²) in [5.41, 5.74) is 0. The van der Waals surface area contributed by atoms with Gasteiger partial charge in [-0.2, -0.15) is 0 Å². The lowest BCUT2D eigenvalue weighted by molar-refractivity contribution is -0.376. The molecule has 1 unspecified atom stereocenters. The van der Waals surface area contributed by atoms with Crippen LogP contribution in [0.3, 0.4) is 0 Å². The van der Waals surface area contributed by atoms with E-state index in [1.807, 2.05) is 0 Å². The minimum absolute atomic E-state index is 0.346. The van der Waals surface area contributed by atoms with Crippen molar-refractivity contribution in [1.82, 2.24) is 0 Å². The summed E-state index contributed by atoms with van der Waals surface area (Å²) in [5, 5.41) is 102. The maximum Gasteiger partial charge on any atom is 0.187 e. The number of aliphatic hydroxyl groups excluding tert-OH is 10. The lowest BCUT2D eigenvalue weighted by atomic mass is 9.98. The number of hydrogen-bond donors (Lipinski definition) is 10. The molecule has 4 aliphatic heterocycles. The van der Waals surface area contributed by atoms with E-state index in [-0.39, 0.29) is 6.61 Å². The van der Waals surface area contributed by atoms with Crippen LogP contribution in [0.5, 0.6) is 0 Å². The fourth-order valence-electron chi connectivity index (χ4n) is 4.88. The molecule has 0 amide bonds. The molecule has 4 aliphatic rings. The first-order valence-electron chi connectivity index (χ1n) is 12.6. The molecule has 4 saturated heterocycles. The first-order chi connectivity index (χ1) is 18.3. The van der Waals surface area contributed by atoms with E-state index in [1.54, 1.807) is 0 Å². The van der Waals surface area contributed by atoms with E-state index >= 15 is 0 Å². The summed E-state index contributed by atoms with van der Waals surface area (Å²) in [5.74, 6) is 0. The summed E-state index contributed by atoms with van der Waals surface area (Å²) in [6, 6.07) is 0. The molecule has 17 nitrogen and oxygen atoms in total. The van der Waals surface area contributed by atoms with Crippen LogP contribution < -0.4 is 0 Å². The average molecular weight is 575 g/mol. The van der Waals surface area contributed by atoms with Crippen LogP contribution >= 0.6 is 0 Å². The highest BCUT2D eigenvalue weighted by molar-refractivity contribution is 4.94. The van der Waals surface area contributed by atoms with Crippen molar-refractivity contribution in [3.05, 3.63) is 0 Å². The van der Waals surface area contributed by atoms with Crippen molar-refractivity contribution in [1.29, 1.82) is 0 Å². The lowest BCUT2D eigenvalue weighted by Crippen LogP contribution is -2.65. The molecule has 4 rings (SSSR count). The molecule has 0 aromatic heterocycles. The van der Waals surface area contributed by atoms with Crippen molar-refractivity contribution in [3.8, 4) is 0 Å². The van der Waals surface area contributed by atoms with Crippen LogP contribution in [0.4, 0.5) is 0 Å². The Kier molecular flexibility index (Phi) is 10.2. The normalized spacial score (nSPS) is 55.4. The lowest BCUT2D eigenvalue weighted by Gasteiger charge is -2.47. The topological polar surface area (TPSA) is 267 Å². The average Bonchev–Trinajstić information content (AvgIpc) is 2.90. The number of hydrogen-bond acceptors (Lipinski definition) is 17. The predicted molar refractivity (Wildman–Crippen MR) is 119 cm³/mol. The van der Waals surface area contributed by atoms with Crippen molar-refractivity contribution >= 4 is 0 Å². The molecule has 17 heteroatoms. The highest BCUT2D eigenvalue weighted by atomic mass is 16.8. The van der Waals surface area contributed by atoms with Gasteiger partial charge in [0, 0.05) is 0 Å². The Morgan fingerprint density at radius 3 is 1.67 bits per heavy atom. The zero-order valence-electron chi connectivity index (χ0n) is 21.1. The van der Waals surface area contributed by atoms with E-state index in [2.05, 4.69) is 0 Å². The molecule has 0 saturated carbocycles. The summed E-state index contributed by atoms with van der Waals surface area (Å²) >= 11 is 0. The molecule has 228 valence electrons. The Balaban J connectivity index is 1.38.